The van der Waals surface area contributed by atoms with Gasteiger partial charge in [0, 0.05) is 19.5 Å². The quantitative estimate of drug-likeness (QED) is 0.496. The van der Waals surface area contributed by atoms with Gasteiger partial charge in [-0.05, 0) is 52.9 Å². The number of hydrogen-bond donors (Lipinski definition) is 2. The Morgan fingerprint density at radius 2 is 1.94 bits per heavy atom. The van der Waals surface area contributed by atoms with Gasteiger partial charge in [-0.2, -0.15) is 0 Å². The molecule has 0 saturated heterocycles. The summed E-state index contributed by atoms with van der Waals surface area (Å²) in [6.07, 6.45) is 3.88. The van der Waals surface area contributed by atoms with Crippen molar-refractivity contribution in [1.82, 2.24) is 9.55 Å². The predicted octanol–water partition coefficient (Wildman–Crippen LogP) is 3.46. The SMILES string of the molecule is CCCCN(C(=O)CCc1ccc(OC)c(Br)c1)c1c(N)n(CCCC)c(=O)[nH]c1=O. The van der Waals surface area contributed by atoms with E-state index >= 15 is 0 Å². The molecule has 0 saturated carbocycles. The number of nitrogens with two attached hydrogens (primary N) is 1. The molecular weight excluding hydrogens is 464 g/mol. The molecule has 31 heavy (non-hydrogen) atoms. The Kier molecular flexibility index (Phi) is 9.36. The number of aryl methyl sites for hydroxylation is 1. The number of methoxy groups -OCH3 is 1. The van der Waals surface area contributed by atoms with Gasteiger partial charge in [-0.3, -0.25) is 19.1 Å². The third-order valence-corrected chi connectivity index (χ3v) is 5.72. The number of carbonyl (C=O) groups is 1. The fourth-order valence-corrected chi connectivity index (χ4v) is 3.89. The molecule has 2 rings (SSSR count). The molecule has 1 heterocycles. The first-order chi connectivity index (χ1) is 14.8. The van der Waals surface area contributed by atoms with Crippen molar-refractivity contribution < 1.29 is 9.53 Å². The molecule has 170 valence electrons. The van der Waals surface area contributed by atoms with Crippen molar-refractivity contribution in [3.63, 3.8) is 0 Å². The molecule has 1 amide bonds. The number of aromatic amines is 1. The number of anilines is 2. The lowest BCUT2D eigenvalue weighted by Gasteiger charge is -2.24. The summed E-state index contributed by atoms with van der Waals surface area (Å²) in [5, 5.41) is 0. The molecular formula is C22H31BrN4O4. The number of unbranched alkanes of at least 4 members (excludes halogenated alkanes) is 2. The van der Waals surface area contributed by atoms with Gasteiger partial charge < -0.3 is 15.4 Å². The van der Waals surface area contributed by atoms with Gasteiger partial charge >= 0.3 is 5.69 Å². The maximum atomic E-state index is 13.1. The Morgan fingerprint density at radius 3 is 2.55 bits per heavy atom. The summed E-state index contributed by atoms with van der Waals surface area (Å²) in [5.41, 5.74) is 6.07. The molecule has 0 spiro atoms. The fourth-order valence-electron chi connectivity index (χ4n) is 3.31. The minimum absolute atomic E-state index is 0.0406. The van der Waals surface area contributed by atoms with E-state index in [-0.39, 0.29) is 23.8 Å². The highest BCUT2D eigenvalue weighted by Gasteiger charge is 2.23. The van der Waals surface area contributed by atoms with Crippen molar-refractivity contribution in [3.8, 4) is 5.75 Å². The van der Waals surface area contributed by atoms with Crippen molar-refractivity contribution in [3.05, 3.63) is 49.1 Å². The highest BCUT2D eigenvalue weighted by molar-refractivity contribution is 9.10. The summed E-state index contributed by atoms with van der Waals surface area (Å²) >= 11 is 3.45. The highest BCUT2D eigenvalue weighted by Crippen LogP contribution is 2.26. The van der Waals surface area contributed by atoms with Gasteiger partial charge in [-0.25, -0.2) is 4.79 Å². The normalized spacial score (nSPS) is 10.8. The maximum Gasteiger partial charge on any atom is 0.330 e. The van der Waals surface area contributed by atoms with E-state index in [0.29, 0.717) is 31.7 Å². The number of carbonyl (C=O) groups excluding carboxylic acids is 1. The van der Waals surface area contributed by atoms with E-state index in [2.05, 4.69) is 20.9 Å². The number of hydrogen-bond acceptors (Lipinski definition) is 5. The molecule has 2 aromatic rings. The summed E-state index contributed by atoms with van der Waals surface area (Å²) in [4.78, 5) is 41.7. The third kappa shape index (κ3) is 6.22. The monoisotopic (exact) mass is 494 g/mol. The van der Waals surface area contributed by atoms with E-state index in [4.69, 9.17) is 10.5 Å². The number of H-pyrrole nitrogens is 1. The van der Waals surface area contributed by atoms with Gasteiger partial charge in [0.05, 0.1) is 11.6 Å². The van der Waals surface area contributed by atoms with E-state index in [1.807, 2.05) is 32.0 Å². The van der Waals surface area contributed by atoms with Crippen LogP contribution in [0, 0.1) is 0 Å². The van der Waals surface area contributed by atoms with Gasteiger partial charge in [0.2, 0.25) is 5.91 Å². The summed E-state index contributed by atoms with van der Waals surface area (Å²) in [7, 11) is 1.59. The molecule has 3 N–H and O–H groups in total. The molecule has 0 radical (unpaired) electrons. The topological polar surface area (TPSA) is 110 Å². The van der Waals surface area contributed by atoms with Gasteiger partial charge in [-0.15, -0.1) is 0 Å². The van der Waals surface area contributed by atoms with Crippen molar-refractivity contribution in [2.75, 3.05) is 24.3 Å². The van der Waals surface area contributed by atoms with Crippen LogP contribution in [0.1, 0.15) is 51.5 Å². The van der Waals surface area contributed by atoms with Crippen molar-refractivity contribution in [1.29, 1.82) is 0 Å². The number of benzene rings is 1. The van der Waals surface area contributed by atoms with Crippen molar-refractivity contribution in [2.24, 2.45) is 0 Å². The van der Waals surface area contributed by atoms with Crippen LogP contribution >= 0.6 is 15.9 Å². The van der Waals surface area contributed by atoms with Crippen LogP contribution in [-0.2, 0) is 17.8 Å². The van der Waals surface area contributed by atoms with Crippen LogP contribution in [0.3, 0.4) is 0 Å². The molecule has 1 aromatic heterocycles. The number of ether oxygens (including phenoxy) is 1. The number of aromatic nitrogens is 2. The Bertz CT molecular complexity index is 1020. The van der Waals surface area contributed by atoms with Gasteiger partial charge in [0.15, 0.2) is 5.69 Å². The standard InChI is InChI=1S/C22H31BrN4O4/c1-4-6-12-26(18(28)11-9-15-8-10-17(31-3)16(23)14-15)19-20(24)27(13-7-5-2)22(30)25-21(19)29/h8,10,14H,4-7,9,11-13,24H2,1-3H3,(H,25,29,30). The first-order valence-electron chi connectivity index (χ1n) is 10.6. The summed E-state index contributed by atoms with van der Waals surface area (Å²) in [6, 6.07) is 5.65. The Labute approximate surface area is 190 Å². The zero-order chi connectivity index (χ0) is 23.0. The van der Waals surface area contributed by atoms with Crippen LogP contribution in [0.2, 0.25) is 0 Å². The first-order valence-corrected chi connectivity index (χ1v) is 11.4. The molecule has 9 heteroatoms. The maximum absolute atomic E-state index is 13.1. The number of nitrogens with one attached hydrogen (secondary N) is 1. The molecule has 0 fully saturated rings. The largest absolute Gasteiger partial charge is 0.496 e. The molecule has 0 aliphatic carbocycles. The van der Waals surface area contributed by atoms with Crippen molar-refractivity contribution in [2.45, 2.75) is 58.9 Å². The average molecular weight is 495 g/mol. The second-order valence-electron chi connectivity index (χ2n) is 7.37. The first kappa shape index (κ1) is 24.7. The number of nitrogens with zero attached hydrogens (tertiary/aromatic N) is 2. The number of amides is 1. The lowest BCUT2D eigenvalue weighted by Crippen LogP contribution is -2.41. The lowest BCUT2D eigenvalue weighted by molar-refractivity contribution is -0.118. The molecule has 0 unspecified atom stereocenters. The zero-order valence-electron chi connectivity index (χ0n) is 18.4. The molecule has 0 bridgehead atoms. The summed E-state index contributed by atoms with van der Waals surface area (Å²) in [5.74, 6) is 0.547. The summed E-state index contributed by atoms with van der Waals surface area (Å²) < 4.78 is 7.39. The van der Waals surface area contributed by atoms with Gasteiger partial charge in [0.1, 0.15) is 11.6 Å². The minimum atomic E-state index is -0.633. The van der Waals surface area contributed by atoms with Gasteiger partial charge in [0.25, 0.3) is 5.56 Å². The lowest BCUT2D eigenvalue weighted by atomic mass is 10.1. The fraction of sp³-hybridized carbons (Fsp3) is 0.500. The molecule has 0 aliphatic rings. The third-order valence-electron chi connectivity index (χ3n) is 5.10. The number of nitrogen functional groups attached to an aromatic ring is 1. The Balaban J connectivity index is 2.32. The van der Waals surface area contributed by atoms with E-state index in [1.165, 1.54) is 9.47 Å². The van der Waals surface area contributed by atoms with E-state index in [0.717, 1.165) is 29.3 Å². The number of halogens is 1. The van der Waals surface area contributed by atoms with E-state index < -0.39 is 11.2 Å². The molecule has 0 atom stereocenters. The Hall–Kier alpha value is -2.55. The highest BCUT2D eigenvalue weighted by atomic mass is 79.9. The van der Waals surface area contributed by atoms with Gasteiger partial charge in [-0.1, -0.05) is 32.8 Å². The van der Waals surface area contributed by atoms with Crippen LogP contribution in [0.4, 0.5) is 11.5 Å². The van der Waals surface area contributed by atoms with E-state index in [1.54, 1.807) is 7.11 Å². The van der Waals surface area contributed by atoms with Crippen LogP contribution in [-0.4, -0.2) is 29.1 Å². The second-order valence-corrected chi connectivity index (χ2v) is 8.22. The average Bonchev–Trinajstić information content (AvgIpc) is 2.74. The van der Waals surface area contributed by atoms with Crippen LogP contribution < -0.4 is 26.6 Å². The Morgan fingerprint density at radius 1 is 1.23 bits per heavy atom. The number of rotatable bonds is 11. The molecule has 8 nitrogen and oxygen atoms in total. The molecule has 1 aromatic carbocycles. The minimum Gasteiger partial charge on any atom is -0.496 e. The molecule has 0 aliphatic heterocycles. The van der Waals surface area contributed by atoms with Crippen molar-refractivity contribution >= 4 is 33.3 Å². The van der Waals surface area contributed by atoms with Crippen LogP contribution in [0.15, 0.2) is 32.3 Å². The smallest absolute Gasteiger partial charge is 0.330 e. The van der Waals surface area contributed by atoms with E-state index in [9.17, 15) is 14.4 Å². The van der Waals surface area contributed by atoms with Crippen LogP contribution in [0.5, 0.6) is 5.75 Å². The summed E-state index contributed by atoms with van der Waals surface area (Å²) in [6.45, 7) is 4.76. The zero-order valence-corrected chi connectivity index (χ0v) is 20.0. The van der Waals surface area contributed by atoms with Crippen LogP contribution in [0.25, 0.3) is 0 Å². The predicted molar refractivity (Wildman–Crippen MR) is 127 cm³/mol. The second kappa shape index (κ2) is 11.7.